The van der Waals surface area contributed by atoms with Crippen molar-refractivity contribution < 1.29 is 0 Å². The number of rotatable bonds is 5. The van der Waals surface area contributed by atoms with E-state index in [4.69, 9.17) is 5.73 Å². The molecule has 2 heterocycles. The lowest BCUT2D eigenvalue weighted by Crippen LogP contribution is -2.45. The minimum absolute atomic E-state index is 0.248. The van der Waals surface area contributed by atoms with Gasteiger partial charge in [0.15, 0.2) is 0 Å². The second-order valence-corrected chi connectivity index (χ2v) is 6.45. The highest BCUT2D eigenvalue weighted by molar-refractivity contribution is 7.10. The molecule has 0 aromatic carbocycles. The van der Waals surface area contributed by atoms with Gasteiger partial charge in [0.25, 0.3) is 0 Å². The van der Waals surface area contributed by atoms with Crippen LogP contribution >= 0.6 is 11.3 Å². The van der Waals surface area contributed by atoms with Gasteiger partial charge < -0.3 is 5.73 Å². The Labute approximate surface area is 115 Å². The van der Waals surface area contributed by atoms with Gasteiger partial charge in [0.05, 0.1) is 6.04 Å². The summed E-state index contributed by atoms with van der Waals surface area (Å²) in [7, 11) is 0. The largest absolute Gasteiger partial charge is 0.326 e. The molecule has 1 aliphatic rings. The Morgan fingerprint density at radius 2 is 2.22 bits per heavy atom. The van der Waals surface area contributed by atoms with Gasteiger partial charge in [-0.25, -0.2) is 0 Å². The van der Waals surface area contributed by atoms with Crippen molar-refractivity contribution in [1.82, 2.24) is 4.90 Å². The Hall–Kier alpha value is -0.380. The molecule has 18 heavy (non-hydrogen) atoms. The van der Waals surface area contributed by atoms with Crippen molar-refractivity contribution in [2.75, 3.05) is 0 Å². The average molecular weight is 266 g/mol. The molecule has 0 bridgehead atoms. The molecule has 0 spiro atoms. The van der Waals surface area contributed by atoms with E-state index in [1.165, 1.54) is 24.1 Å². The number of thiophene rings is 1. The summed E-state index contributed by atoms with van der Waals surface area (Å²) in [5.41, 5.74) is 6.43. The van der Waals surface area contributed by atoms with Crippen molar-refractivity contribution in [2.24, 2.45) is 5.73 Å². The Balaban J connectivity index is 2.28. The fraction of sp³-hybridized carbons (Fsp3) is 0.733. The standard InChI is InChI=1S/C15H26N2S/c1-4-12-9-8-11(3)17(12)15(13(16)5-2)14-7-6-10-18-14/h6-7,10-13,15H,4-5,8-9,16H2,1-3H3. The predicted octanol–water partition coefficient (Wildman–Crippen LogP) is 3.79. The van der Waals surface area contributed by atoms with Crippen molar-refractivity contribution in [3.05, 3.63) is 22.4 Å². The Bertz CT molecular complexity index is 349. The molecule has 102 valence electrons. The molecule has 0 saturated carbocycles. The fourth-order valence-electron chi connectivity index (χ4n) is 3.27. The number of nitrogens with zero attached hydrogens (tertiary/aromatic N) is 1. The second-order valence-electron chi connectivity index (χ2n) is 5.47. The Kier molecular flexibility index (Phi) is 4.82. The lowest BCUT2D eigenvalue weighted by Gasteiger charge is -2.38. The van der Waals surface area contributed by atoms with Crippen LogP contribution in [-0.2, 0) is 0 Å². The van der Waals surface area contributed by atoms with Gasteiger partial charge in [-0.05, 0) is 44.1 Å². The van der Waals surface area contributed by atoms with Crippen molar-refractivity contribution in [2.45, 2.75) is 70.6 Å². The molecule has 1 fully saturated rings. The summed E-state index contributed by atoms with van der Waals surface area (Å²) in [5, 5.41) is 2.17. The first-order valence-corrected chi connectivity index (χ1v) is 8.13. The smallest absolute Gasteiger partial charge is 0.0598 e. The van der Waals surface area contributed by atoms with E-state index in [1.807, 2.05) is 11.3 Å². The summed E-state index contributed by atoms with van der Waals surface area (Å²) in [5.74, 6) is 0. The van der Waals surface area contributed by atoms with Crippen LogP contribution in [0.25, 0.3) is 0 Å². The molecule has 0 aliphatic carbocycles. The monoisotopic (exact) mass is 266 g/mol. The number of hydrogen-bond donors (Lipinski definition) is 1. The summed E-state index contributed by atoms with van der Waals surface area (Å²) >= 11 is 1.85. The Morgan fingerprint density at radius 3 is 2.78 bits per heavy atom. The molecule has 1 aromatic rings. The maximum Gasteiger partial charge on any atom is 0.0598 e. The van der Waals surface area contributed by atoms with Crippen molar-refractivity contribution in [3.63, 3.8) is 0 Å². The SMILES string of the molecule is CCC(N)C(c1cccs1)N1C(C)CCC1CC. The summed E-state index contributed by atoms with van der Waals surface area (Å²) < 4.78 is 0. The van der Waals surface area contributed by atoms with Crippen LogP contribution in [0.2, 0.25) is 0 Å². The van der Waals surface area contributed by atoms with Gasteiger partial charge in [-0.15, -0.1) is 11.3 Å². The van der Waals surface area contributed by atoms with E-state index < -0.39 is 0 Å². The molecular weight excluding hydrogens is 240 g/mol. The molecule has 1 aliphatic heterocycles. The molecular formula is C15H26N2S. The topological polar surface area (TPSA) is 29.3 Å². The number of likely N-dealkylation sites (tertiary alicyclic amines) is 1. The van der Waals surface area contributed by atoms with Crippen molar-refractivity contribution >= 4 is 11.3 Å². The van der Waals surface area contributed by atoms with Gasteiger partial charge in [-0.2, -0.15) is 0 Å². The molecule has 0 radical (unpaired) electrons. The van der Waals surface area contributed by atoms with Crippen LogP contribution in [0.5, 0.6) is 0 Å². The van der Waals surface area contributed by atoms with E-state index in [0.717, 1.165) is 6.42 Å². The third kappa shape index (κ3) is 2.63. The van der Waals surface area contributed by atoms with E-state index in [2.05, 4.69) is 43.2 Å². The molecule has 3 heteroatoms. The third-order valence-electron chi connectivity index (χ3n) is 4.35. The second kappa shape index (κ2) is 6.18. The van der Waals surface area contributed by atoms with Gasteiger partial charge >= 0.3 is 0 Å². The number of nitrogens with two attached hydrogens (primary N) is 1. The van der Waals surface area contributed by atoms with Crippen LogP contribution in [0.4, 0.5) is 0 Å². The lowest BCUT2D eigenvalue weighted by atomic mass is 10.0. The van der Waals surface area contributed by atoms with Gasteiger partial charge in [-0.1, -0.05) is 19.9 Å². The van der Waals surface area contributed by atoms with E-state index in [0.29, 0.717) is 18.1 Å². The van der Waals surface area contributed by atoms with Gasteiger partial charge in [0.1, 0.15) is 0 Å². The van der Waals surface area contributed by atoms with E-state index in [9.17, 15) is 0 Å². The summed E-state index contributed by atoms with van der Waals surface area (Å²) in [6.45, 7) is 6.87. The highest BCUT2D eigenvalue weighted by atomic mass is 32.1. The van der Waals surface area contributed by atoms with Crippen LogP contribution in [-0.4, -0.2) is 23.0 Å². The molecule has 1 saturated heterocycles. The van der Waals surface area contributed by atoms with Crippen LogP contribution < -0.4 is 5.73 Å². The molecule has 4 atom stereocenters. The van der Waals surface area contributed by atoms with Crippen LogP contribution in [0.1, 0.15) is 57.4 Å². The molecule has 2 nitrogen and oxygen atoms in total. The van der Waals surface area contributed by atoms with Crippen molar-refractivity contribution in [1.29, 1.82) is 0 Å². The minimum Gasteiger partial charge on any atom is -0.326 e. The zero-order chi connectivity index (χ0) is 13.1. The number of hydrogen-bond acceptors (Lipinski definition) is 3. The Morgan fingerprint density at radius 1 is 1.44 bits per heavy atom. The van der Waals surface area contributed by atoms with Crippen LogP contribution in [0.3, 0.4) is 0 Å². The molecule has 2 N–H and O–H groups in total. The fourth-order valence-corrected chi connectivity index (χ4v) is 4.18. The minimum atomic E-state index is 0.248. The summed E-state index contributed by atoms with van der Waals surface area (Å²) in [6, 6.07) is 6.44. The molecule has 2 rings (SSSR count). The molecule has 0 amide bonds. The van der Waals surface area contributed by atoms with Crippen molar-refractivity contribution in [3.8, 4) is 0 Å². The van der Waals surface area contributed by atoms with E-state index >= 15 is 0 Å². The highest BCUT2D eigenvalue weighted by Gasteiger charge is 2.38. The normalized spacial score (nSPS) is 28.4. The first-order chi connectivity index (χ1) is 8.69. The average Bonchev–Trinajstić information content (AvgIpc) is 3.01. The van der Waals surface area contributed by atoms with Gasteiger partial charge in [-0.3, -0.25) is 4.90 Å². The summed E-state index contributed by atoms with van der Waals surface area (Å²) in [6.07, 6.45) is 4.93. The zero-order valence-electron chi connectivity index (χ0n) is 11.8. The third-order valence-corrected chi connectivity index (χ3v) is 5.30. The first-order valence-electron chi connectivity index (χ1n) is 7.25. The lowest BCUT2D eigenvalue weighted by molar-refractivity contribution is 0.114. The molecule has 4 unspecified atom stereocenters. The maximum absolute atomic E-state index is 6.43. The highest BCUT2D eigenvalue weighted by Crippen LogP contribution is 2.38. The molecule has 1 aromatic heterocycles. The van der Waals surface area contributed by atoms with E-state index in [-0.39, 0.29) is 6.04 Å². The maximum atomic E-state index is 6.43. The predicted molar refractivity (Wildman–Crippen MR) is 79.9 cm³/mol. The van der Waals surface area contributed by atoms with Gasteiger partial charge in [0, 0.05) is 23.0 Å². The first kappa shape index (κ1) is 14.0. The zero-order valence-corrected chi connectivity index (χ0v) is 12.6. The van der Waals surface area contributed by atoms with Gasteiger partial charge in [0.2, 0.25) is 0 Å². The van der Waals surface area contributed by atoms with Crippen LogP contribution in [0, 0.1) is 0 Å². The quantitative estimate of drug-likeness (QED) is 0.878. The van der Waals surface area contributed by atoms with E-state index in [1.54, 1.807) is 0 Å². The summed E-state index contributed by atoms with van der Waals surface area (Å²) in [4.78, 5) is 4.14. The van der Waals surface area contributed by atoms with Crippen LogP contribution in [0.15, 0.2) is 17.5 Å².